The fraction of sp³-hybridized carbons (Fsp3) is 0.364. The van der Waals surface area contributed by atoms with Crippen molar-refractivity contribution < 1.29 is 9.53 Å². The maximum Gasteiger partial charge on any atom is 0.168 e. The van der Waals surface area contributed by atoms with E-state index < -0.39 is 0 Å². The topological polar surface area (TPSA) is 38.7 Å². The van der Waals surface area contributed by atoms with Gasteiger partial charge in [0.05, 0.1) is 29.9 Å². The summed E-state index contributed by atoms with van der Waals surface area (Å²) in [6.07, 6.45) is 5.11. The van der Waals surface area contributed by atoms with Crippen LogP contribution in [0.4, 0.5) is 0 Å². The molecule has 3 heteroatoms. The predicted molar refractivity (Wildman–Crippen MR) is 97.3 cm³/mol. The van der Waals surface area contributed by atoms with Crippen LogP contribution in [-0.4, -0.2) is 29.2 Å². The van der Waals surface area contributed by atoms with Crippen LogP contribution in [-0.2, 0) is 11.2 Å². The maximum absolute atomic E-state index is 12.8. The first kappa shape index (κ1) is 15.0. The number of hydrogen-bond acceptors (Lipinski definition) is 3. The molecule has 2 aromatic rings. The fourth-order valence-electron chi connectivity index (χ4n) is 4.75. The Balaban J connectivity index is 1.53. The Morgan fingerprint density at radius 3 is 2.64 bits per heavy atom. The highest BCUT2D eigenvalue weighted by molar-refractivity contribution is 6.16. The second kappa shape index (κ2) is 5.63. The van der Waals surface area contributed by atoms with Crippen LogP contribution in [0.2, 0.25) is 0 Å². The molecule has 0 amide bonds. The van der Waals surface area contributed by atoms with Crippen molar-refractivity contribution in [3.05, 3.63) is 71.3 Å². The zero-order valence-electron chi connectivity index (χ0n) is 14.2. The van der Waals surface area contributed by atoms with Gasteiger partial charge in [0.1, 0.15) is 0 Å². The standard InChI is InChI=1S/C22H21NO2/c24-20(15-6-2-1-3-7-15)12-19-18-9-5-4-8-16(18)13-22(23-19)14-17-10-11-21(22)25-17/h1-9,17,21H,10-14H2. The Hall–Kier alpha value is -2.26. The van der Waals surface area contributed by atoms with Gasteiger partial charge in [-0.15, -0.1) is 0 Å². The van der Waals surface area contributed by atoms with E-state index in [-0.39, 0.29) is 17.4 Å². The average molecular weight is 331 g/mol. The quantitative estimate of drug-likeness (QED) is 0.798. The van der Waals surface area contributed by atoms with Gasteiger partial charge in [0.15, 0.2) is 5.78 Å². The van der Waals surface area contributed by atoms with Crippen LogP contribution in [0.15, 0.2) is 59.6 Å². The smallest absolute Gasteiger partial charge is 0.168 e. The first-order valence-corrected chi connectivity index (χ1v) is 9.14. The molecule has 0 aromatic heterocycles. The number of rotatable bonds is 3. The zero-order chi connectivity index (χ0) is 16.9. The number of carbonyl (C=O) groups is 1. The molecular weight excluding hydrogens is 310 g/mol. The maximum atomic E-state index is 12.8. The summed E-state index contributed by atoms with van der Waals surface area (Å²) in [5.41, 5.74) is 3.99. The van der Waals surface area contributed by atoms with Crippen LogP contribution in [0.3, 0.4) is 0 Å². The fourth-order valence-corrected chi connectivity index (χ4v) is 4.75. The van der Waals surface area contributed by atoms with Gasteiger partial charge in [-0.05, 0) is 24.0 Å². The summed E-state index contributed by atoms with van der Waals surface area (Å²) in [5, 5.41) is 0. The first-order valence-electron chi connectivity index (χ1n) is 9.14. The van der Waals surface area contributed by atoms with Crippen molar-refractivity contribution in [1.29, 1.82) is 0 Å². The van der Waals surface area contributed by atoms with Crippen LogP contribution in [0.1, 0.15) is 47.2 Å². The minimum atomic E-state index is -0.149. The average Bonchev–Trinajstić information content (AvgIpc) is 3.23. The van der Waals surface area contributed by atoms with Crippen molar-refractivity contribution in [2.75, 3.05) is 0 Å². The lowest BCUT2D eigenvalue weighted by atomic mass is 9.74. The summed E-state index contributed by atoms with van der Waals surface area (Å²) in [5.74, 6) is 0.135. The lowest BCUT2D eigenvalue weighted by molar-refractivity contribution is 0.0856. The summed E-state index contributed by atoms with van der Waals surface area (Å²) in [6, 6.07) is 17.9. The highest BCUT2D eigenvalue weighted by Crippen LogP contribution is 2.48. The highest BCUT2D eigenvalue weighted by Gasteiger charge is 2.53. The number of aliphatic imine (C=N–C) groups is 1. The van der Waals surface area contributed by atoms with Gasteiger partial charge in [0.25, 0.3) is 0 Å². The van der Waals surface area contributed by atoms with Crippen molar-refractivity contribution in [1.82, 2.24) is 0 Å². The molecule has 2 saturated heterocycles. The predicted octanol–water partition coefficient (Wildman–Crippen LogP) is 3.99. The molecule has 126 valence electrons. The number of nitrogens with zero attached hydrogens (tertiary/aromatic N) is 1. The Bertz CT molecular complexity index is 857. The monoisotopic (exact) mass is 331 g/mol. The van der Waals surface area contributed by atoms with Gasteiger partial charge < -0.3 is 4.74 Å². The number of carbonyl (C=O) groups excluding carboxylic acids is 1. The molecule has 0 aliphatic carbocycles. The number of hydrogen-bond donors (Lipinski definition) is 0. The van der Waals surface area contributed by atoms with Crippen LogP contribution in [0.25, 0.3) is 0 Å². The highest BCUT2D eigenvalue weighted by atomic mass is 16.5. The van der Waals surface area contributed by atoms with E-state index in [2.05, 4.69) is 18.2 Å². The van der Waals surface area contributed by atoms with E-state index in [9.17, 15) is 4.79 Å². The summed E-state index contributed by atoms with van der Waals surface area (Å²) in [7, 11) is 0. The van der Waals surface area contributed by atoms with E-state index in [4.69, 9.17) is 9.73 Å². The van der Waals surface area contributed by atoms with Gasteiger partial charge in [-0.3, -0.25) is 9.79 Å². The van der Waals surface area contributed by atoms with Gasteiger partial charge in [-0.1, -0.05) is 54.6 Å². The Morgan fingerprint density at radius 2 is 1.88 bits per heavy atom. The van der Waals surface area contributed by atoms with Crippen molar-refractivity contribution in [3.63, 3.8) is 0 Å². The van der Waals surface area contributed by atoms with Gasteiger partial charge in [-0.25, -0.2) is 0 Å². The second-order valence-electron chi connectivity index (χ2n) is 7.49. The molecule has 2 bridgehead atoms. The minimum absolute atomic E-state index is 0.135. The molecule has 5 rings (SSSR count). The summed E-state index contributed by atoms with van der Waals surface area (Å²) in [4.78, 5) is 17.9. The van der Waals surface area contributed by atoms with Crippen LogP contribution < -0.4 is 0 Å². The number of ketones is 1. The minimum Gasteiger partial charge on any atom is -0.372 e. The van der Waals surface area contributed by atoms with E-state index >= 15 is 0 Å². The largest absolute Gasteiger partial charge is 0.372 e. The second-order valence-corrected chi connectivity index (χ2v) is 7.49. The van der Waals surface area contributed by atoms with Gasteiger partial charge in [0.2, 0.25) is 0 Å². The molecule has 0 saturated carbocycles. The number of fused-ring (bicyclic) bond motifs is 4. The van der Waals surface area contributed by atoms with Gasteiger partial charge in [-0.2, -0.15) is 0 Å². The SMILES string of the molecule is O=C(CC1=NC2(Cc3ccccc31)CC1CCC2O1)c1ccccc1. The molecule has 3 unspecified atom stereocenters. The number of benzene rings is 2. The summed E-state index contributed by atoms with van der Waals surface area (Å²) in [6.45, 7) is 0. The molecule has 1 spiro atoms. The van der Waals surface area contributed by atoms with Crippen molar-refractivity contribution in [2.45, 2.75) is 49.9 Å². The normalized spacial score (nSPS) is 29.5. The molecule has 2 fully saturated rings. The third-order valence-electron chi connectivity index (χ3n) is 5.89. The van der Waals surface area contributed by atoms with E-state index in [1.54, 1.807) is 0 Å². The third-order valence-corrected chi connectivity index (χ3v) is 5.89. The molecule has 2 aromatic carbocycles. The Morgan fingerprint density at radius 1 is 1.08 bits per heavy atom. The van der Waals surface area contributed by atoms with Crippen LogP contribution in [0, 0.1) is 0 Å². The Labute approximate surface area is 147 Å². The van der Waals surface area contributed by atoms with Crippen molar-refractivity contribution in [3.8, 4) is 0 Å². The van der Waals surface area contributed by atoms with Gasteiger partial charge >= 0.3 is 0 Å². The van der Waals surface area contributed by atoms with E-state index in [1.165, 1.54) is 5.56 Å². The van der Waals surface area contributed by atoms with E-state index in [0.29, 0.717) is 12.5 Å². The molecule has 0 N–H and O–H groups in total. The molecule has 3 atom stereocenters. The molecule has 3 aliphatic rings. The third kappa shape index (κ3) is 2.46. The Kier molecular flexibility index (Phi) is 3.39. The van der Waals surface area contributed by atoms with E-state index in [0.717, 1.165) is 42.5 Å². The van der Waals surface area contributed by atoms with E-state index in [1.807, 2.05) is 36.4 Å². The summed E-state index contributed by atoms with van der Waals surface area (Å²) < 4.78 is 6.13. The number of Topliss-reactive ketones (excluding diaryl/α,β-unsaturated/α-hetero) is 1. The molecule has 3 nitrogen and oxygen atoms in total. The number of ether oxygens (including phenoxy) is 1. The van der Waals surface area contributed by atoms with Crippen molar-refractivity contribution in [2.24, 2.45) is 4.99 Å². The molecule has 25 heavy (non-hydrogen) atoms. The zero-order valence-corrected chi connectivity index (χ0v) is 14.2. The van der Waals surface area contributed by atoms with Gasteiger partial charge in [0, 0.05) is 18.4 Å². The molecule has 3 aliphatic heterocycles. The molecule has 3 heterocycles. The summed E-state index contributed by atoms with van der Waals surface area (Å²) >= 11 is 0. The van der Waals surface area contributed by atoms with Crippen LogP contribution >= 0.6 is 0 Å². The van der Waals surface area contributed by atoms with Crippen LogP contribution in [0.5, 0.6) is 0 Å². The lowest BCUT2D eigenvalue weighted by Gasteiger charge is -2.36. The van der Waals surface area contributed by atoms with Crippen molar-refractivity contribution >= 4 is 11.5 Å². The molecular formula is C22H21NO2. The first-order chi connectivity index (χ1) is 12.2. The lowest BCUT2D eigenvalue weighted by Crippen LogP contribution is -2.44. The molecule has 0 radical (unpaired) electrons.